The smallest absolute Gasteiger partial charge is 0.340 e. The second-order valence-electron chi connectivity index (χ2n) is 4.00. The van der Waals surface area contributed by atoms with Crippen LogP contribution in [0.2, 0.25) is 0 Å². The van der Waals surface area contributed by atoms with E-state index in [0.717, 1.165) is 6.08 Å². The molecule has 2 rings (SSSR count). The minimum Gasteiger partial charge on any atom is -0.495 e. The Morgan fingerprint density at radius 3 is 2.43 bits per heavy atom. The van der Waals surface area contributed by atoms with Gasteiger partial charge in [-0.05, 0) is 12.1 Å². The molecule has 0 aliphatic carbocycles. The van der Waals surface area contributed by atoms with Crippen LogP contribution in [0, 0.1) is 0 Å². The van der Waals surface area contributed by atoms with Gasteiger partial charge >= 0.3 is 5.97 Å². The summed E-state index contributed by atoms with van der Waals surface area (Å²) in [6.45, 7) is 0. The van der Waals surface area contributed by atoms with Crippen LogP contribution in [0.4, 0.5) is 5.69 Å². The number of nitrogens with zero attached hydrogens (tertiary/aromatic N) is 1. The summed E-state index contributed by atoms with van der Waals surface area (Å²) < 4.78 is 9.63. The Kier molecular flexibility index (Phi) is 4.55. The highest BCUT2D eigenvalue weighted by Gasteiger charge is 2.36. The minimum absolute atomic E-state index is 0.00611. The van der Waals surface area contributed by atoms with Crippen molar-refractivity contribution in [1.82, 2.24) is 0 Å². The third kappa shape index (κ3) is 2.75. The molecule has 0 fully saturated rings. The maximum absolute atomic E-state index is 12.2. The lowest BCUT2D eigenvalue weighted by Crippen LogP contribution is -2.25. The van der Waals surface area contributed by atoms with E-state index < -0.39 is 11.9 Å². The first kappa shape index (κ1) is 15.4. The highest BCUT2D eigenvalue weighted by Crippen LogP contribution is 2.39. The maximum Gasteiger partial charge on any atom is 0.340 e. The first-order valence-corrected chi connectivity index (χ1v) is 6.59. The number of halogens is 2. The predicted octanol–water partition coefficient (Wildman–Crippen LogP) is 2.79. The van der Waals surface area contributed by atoms with Crippen LogP contribution in [0.5, 0.6) is 5.75 Å². The minimum atomic E-state index is -0.699. The van der Waals surface area contributed by atoms with E-state index in [9.17, 15) is 9.59 Å². The molecule has 1 aliphatic heterocycles. The van der Waals surface area contributed by atoms with Crippen LogP contribution in [-0.2, 0) is 14.3 Å². The van der Waals surface area contributed by atoms with E-state index in [4.69, 9.17) is 27.9 Å². The Balaban J connectivity index is 2.58. The standard InChI is InChI=1S/C14H11Cl2NO4/c1-20-10-6-4-3-5-9(10)17-11(18)7-8(14(19)21-2)12(17)13(15)16/h3-7H,1-2H3. The molecule has 0 bridgehead atoms. The van der Waals surface area contributed by atoms with E-state index in [1.54, 1.807) is 24.3 Å². The number of para-hydroxylation sites is 2. The Morgan fingerprint density at radius 1 is 1.19 bits per heavy atom. The summed E-state index contributed by atoms with van der Waals surface area (Å²) in [5.41, 5.74) is 0.488. The zero-order valence-corrected chi connectivity index (χ0v) is 12.7. The topological polar surface area (TPSA) is 55.8 Å². The summed E-state index contributed by atoms with van der Waals surface area (Å²) in [6.07, 6.45) is 1.12. The van der Waals surface area contributed by atoms with Crippen molar-refractivity contribution < 1.29 is 19.1 Å². The molecule has 1 aliphatic rings. The van der Waals surface area contributed by atoms with Crippen molar-refractivity contribution in [3.05, 3.63) is 46.1 Å². The van der Waals surface area contributed by atoms with Gasteiger partial charge in [-0.1, -0.05) is 35.3 Å². The van der Waals surface area contributed by atoms with Gasteiger partial charge in [-0.3, -0.25) is 9.69 Å². The Morgan fingerprint density at radius 2 is 1.86 bits per heavy atom. The van der Waals surface area contributed by atoms with Gasteiger partial charge < -0.3 is 9.47 Å². The summed E-state index contributed by atoms with van der Waals surface area (Å²) in [4.78, 5) is 25.2. The van der Waals surface area contributed by atoms with Crippen LogP contribution in [-0.4, -0.2) is 26.1 Å². The summed E-state index contributed by atoms with van der Waals surface area (Å²) in [5, 5.41) is 0. The third-order valence-corrected chi connectivity index (χ3v) is 3.24. The molecule has 0 atom stereocenters. The van der Waals surface area contributed by atoms with Crippen LogP contribution in [0.1, 0.15) is 0 Å². The van der Waals surface area contributed by atoms with Crippen molar-refractivity contribution in [2.24, 2.45) is 0 Å². The van der Waals surface area contributed by atoms with Gasteiger partial charge in [0.15, 0.2) is 0 Å². The number of amides is 1. The number of methoxy groups -OCH3 is 2. The average molecular weight is 328 g/mol. The molecule has 0 spiro atoms. The summed E-state index contributed by atoms with van der Waals surface area (Å²) in [7, 11) is 2.68. The van der Waals surface area contributed by atoms with Crippen LogP contribution in [0.25, 0.3) is 0 Å². The highest BCUT2D eigenvalue weighted by molar-refractivity contribution is 6.57. The van der Waals surface area contributed by atoms with Gasteiger partial charge in [-0.2, -0.15) is 0 Å². The fraction of sp³-hybridized carbons (Fsp3) is 0.143. The monoisotopic (exact) mass is 327 g/mol. The van der Waals surface area contributed by atoms with E-state index in [0.29, 0.717) is 11.4 Å². The van der Waals surface area contributed by atoms with Crippen LogP contribution in [0.3, 0.4) is 0 Å². The molecular formula is C14H11Cl2NO4. The molecule has 5 nitrogen and oxygen atoms in total. The first-order chi connectivity index (χ1) is 10.0. The van der Waals surface area contributed by atoms with Crippen LogP contribution in [0.15, 0.2) is 46.1 Å². The SMILES string of the molecule is COC(=O)C1=CC(=O)N(c2ccccc2OC)C1=C(Cl)Cl. The molecule has 0 unspecified atom stereocenters. The fourth-order valence-electron chi connectivity index (χ4n) is 1.99. The van der Waals surface area contributed by atoms with E-state index in [2.05, 4.69) is 4.74 Å². The molecule has 0 saturated heterocycles. The highest BCUT2D eigenvalue weighted by atomic mass is 35.5. The van der Waals surface area contributed by atoms with Gasteiger partial charge in [0.1, 0.15) is 10.2 Å². The number of esters is 1. The summed E-state index contributed by atoms with van der Waals surface area (Å²) in [6, 6.07) is 6.81. The zero-order chi connectivity index (χ0) is 15.6. The number of hydrogen-bond donors (Lipinski definition) is 0. The molecule has 21 heavy (non-hydrogen) atoms. The van der Waals surface area contributed by atoms with Gasteiger partial charge in [0.05, 0.1) is 31.2 Å². The van der Waals surface area contributed by atoms with Crippen LogP contribution >= 0.6 is 23.2 Å². The first-order valence-electron chi connectivity index (χ1n) is 5.84. The molecule has 1 aromatic rings. The molecule has 0 N–H and O–H groups in total. The van der Waals surface area contributed by atoms with Gasteiger partial charge in [-0.15, -0.1) is 0 Å². The number of carbonyl (C=O) groups is 2. The van der Waals surface area contributed by atoms with Crippen LogP contribution < -0.4 is 9.64 Å². The molecule has 110 valence electrons. The second-order valence-corrected chi connectivity index (χ2v) is 4.95. The number of ether oxygens (including phenoxy) is 2. The number of carbonyl (C=O) groups excluding carboxylic acids is 2. The van der Waals surface area contributed by atoms with Crippen molar-refractivity contribution in [1.29, 1.82) is 0 Å². The summed E-state index contributed by atoms with van der Waals surface area (Å²) in [5.74, 6) is -0.722. The molecule has 0 saturated carbocycles. The van der Waals surface area contributed by atoms with E-state index in [1.807, 2.05) is 0 Å². The molecule has 0 aromatic heterocycles. The van der Waals surface area contributed by atoms with Gasteiger partial charge in [0, 0.05) is 6.08 Å². The van der Waals surface area contributed by atoms with E-state index in [-0.39, 0.29) is 15.8 Å². The maximum atomic E-state index is 12.2. The molecule has 0 radical (unpaired) electrons. The van der Waals surface area contributed by atoms with E-state index >= 15 is 0 Å². The van der Waals surface area contributed by atoms with Crippen molar-refractivity contribution in [2.75, 3.05) is 19.1 Å². The zero-order valence-electron chi connectivity index (χ0n) is 11.2. The predicted molar refractivity (Wildman–Crippen MR) is 79.3 cm³/mol. The van der Waals surface area contributed by atoms with Gasteiger partial charge in [0.25, 0.3) is 5.91 Å². The second kappa shape index (κ2) is 6.20. The number of anilines is 1. The van der Waals surface area contributed by atoms with Gasteiger partial charge in [0.2, 0.25) is 0 Å². The molecular weight excluding hydrogens is 317 g/mol. The number of hydrogen-bond acceptors (Lipinski definition) is 4. The lowest BCUT2D eigenvalue weighted by molar-refractivity contribution is -0.135. The third-order valence-electron chi connectivity index (χ3n) is 2.88. The lowest BCUT2D eigenvalue weighted by atomic mass is 10.2. The Labute approximate surface area is 131 Å². The fourth-order valence-corrected chi connectivity index (χ4v) is 2.37. The quantitative estimate of drug-likeness (QED) is 0.801. The van der Waals surface area contributed by atoms with E-state index in [1.165, 1.54) is 19.1 Å². The summed E-state index contributed by atoms with van der Waals surface area (Å²) >= 11 is 11.7. The normalized spacial score (nSPS) is 14.1. The lowest BCUT2D eigenvalue weighted by Gasteiger charge is -2.21. The van der Waals surface area contributed by atoms with Crippen molar-refractivity contribution in [3.63, 3.8) is 0 Å². The molecule has 1 heterocycles. The van der Waals surface area contributed by atoms with Crippen molar-refractivity contribution >= 4 is 40.8 Å². The number of rotatable bonds is 3. The number of benzene rings is 1. The van der Waals surface area contributed by atoms with Crippen molar-refractivity contribution in [3.8, 4) is 5.75 Å². The van der Waals surface area contributed by atoms with Crippen molar-refractivity contribution in [2.45, 2.75) is 0 Å². The molecule has 1 aromatic carbocycles. The molecule has 1 amide bonds. The van der Waals surface area contributed by atoms with Gasteiger partial charge in [-0.25, -0.2) is 4.79 Å². The largest absolute Gasteiger partial charge is 0.495 e. The Bertz CT molecular complexity index is 663. The Hall–Kier alpha value is -1.98. The average Bonchev–Trinajstić information content (AvgIpc) is 2.83. The molecule has 7 heteroatoms.